The third-order valence-corrected chi connectivity index (χ3v) is 5.36. The lowest BCUT2D eigenvalue weighted by Gasteiger charge is -2.33. The van der Waals surface area contributed by atoms with E-state index in [4.69, 9.17) is 14.2 Å². The highest BCUT2D eigenvalue weighted by atomic mass is 16.6. The van der Waals surface area contributed by atoms with Crippen LogP contribution < -0.4 is 0 Å². The summed E-state index contributed by atoms with van der Waals surface area (Å²) in [6.07, 6.45) is 1.16. The van der Waals surface area contributed by atoms with Gasteiger partial charge in [0.1, 0.15) is 19.8 Å². The second-order valence-electron chi connectivity index (χ2n) is 7.56. The van der Waals surface area contributed by atoms with E-state index >= 15 is 0 Å². The molecule has 0 aromatic heterocycles. The van der Waals surface area contributed by atoms with Gasteiger partial charge in [0.05, 0.1) is 0 Å². The number of hydrogen-bond acceptors (Lipinski definition) is 6. The molecule has 1 heterocycles. The minimum absolute atomic E-state index is 0.0383. The first-order chi connectivity index (χ1) is 16.1. The van der Waals surface area contributed by atoms with Gasteiger partial charge in [-0.2, -0.15) is 0 Å². The Morgan fingerprint density at radius 1 is 0.727 bits per heavy atom. The topological polar surface area (TPSA) is 78.9 Å². The van der Waals surface area contributed by atoms with E-state index in [0.717, 1.165) is 17.2 Å². The third-order valence-electron chi connectivity index (χ3n) is 5.36. The van der Waals surface area contributed by atoms with Crippen molar-refractivity contribution in [3.8, 4) is 0 Å². The van der Waals surface area contributed by atoms with Crippen LogP contribution in [0.5, 0.6) is 0 Å². The molecule has 0 spiro atoms. The van der Waals surface area contributed by atoms with Gasteiger partial charge < -0.3 is 14.2 Å². The summed E-state index contributed by atoms with van der Waals surface area (Å²) < 4.78 is 16.3. The van der Waals surface area contributed by atoms with E-state index in [1.54, 1.807) is 30.3 Å². The van der Waals surface area contributed by atoms with Crippen molar-refractivity contribution >= 4 is 23.5 Å². The normalized spacial score (nSPS) is 14.5. The van der Waals surface area contributed by atoms with Gasteiger partial charge in [0, 0.05) is 6.08 Å². The Balaban J connectivity index is 1.68. The number of hydrogen-bond donors (Lipinski definition) is 0. The molecule has 3 aromatic carbocycles. The molecule has 1 aliphatic rings. The molecule has 1 aliphatic heterocycles. The third kappa shape index (κ3) is 4.85. The van der Waals surface area contributed by atoms with Crippen molar-refractivity contribution in [2.45, 2.75) is 13.2 Å². The van der Waals surface area contributed by atoms with E-state index in [0.29, 0.717) is 5.56 Å². The van der Waals surface area contributed by atoms with Gasteiger partial charge in [-0.1, -0.05) is 91.0 Å². The van der Waals surface area contributed by atoms with E-state index in [1.165, 1.54) is 0 Å². The molecule has 3 aromatic rings. The molecule has 0 radical (unpaired) electrons. The van der Waals surface area contributed by atoms with Crippen molar-refractivity contribution in [1.82, 2.24) is 0 Å². The molecular formula is C27H22O6. The predicted molar refractivity (Wildman–Crippen MR) is 120 cm³/mol. The highest BCUT2D eigenvalue weighted by molar-refractivity contribution is 6.16. The van der Waals surface area contributed by atoms with E-state index in [-0.39, 0.29) is 18.8 Å². The first-order valence-electron chi connectivity index (χ1n) is 10.5. The Morgan fingerprint density at radius 3 is 1.67 bits per heavy atom. The van der Waals surface area contributed by atoms with Crippen molar-refractivity contribution in [1.29, 1.82) is 0 Å². The Morgan fingerprint density at radius 2 is 1.18 bits per heavy atom. The lowest BCUT2D eigenvalue weighted by atomic mass is 9.75. The van der Waals surface area contributed by atoms with E-state index in [2.05, 4.69) is 0 Å². The van der Waals surface area contributed by atoms with Crippen molar-refractivity contribution in [2.24, 2.45) is 5.41 Å². The van der Waals surface area contributed by atoms with Crippen LogP contribution in [-0.4, -0.2) is 24.5 Å². The van der Waals surface area contributed by atoms with Crippen LogP contribution in [0, 0.1) is 5.41 Å². The molecule has 0 amide bonds. The molecule has 0 atom stereocenters. The van der Waals surface area contributed by atoms with Crippen LogP contribution in [0.4, 0.5) is 0 Å². The lowest BCUT2D eigenvalue weighted by Crippen LogP contribution is -2.49. The van der Waals surface area contributed by atoms with Gasteiger partial charge in [0.2, 0.25) is 5.41 Å². The monoisotopic (exact) mass is 442 g/mol. The molecule has 0 saturated heterocycles. The average molecular weight is 442 g/mol. The van der Waals surface area contributed by atoms with Crippen LogP contribution in [0.2, 0.25) is 0 Å². The molecular weight excluding hydrogens is 420 g/mol. The maximum atomic E-state index is 13.5. The zero-order valence-electron chi connectivity index (χ0n) is 17.8. The zero-order valence-corrected chi connectivity index (χ0v) is 17.8. The number of benzene rings is 3. The standard InChI is InChI=1S/C27H22O6/c28-24-16-23(22-14-8-3-9-15-22)27(19-33-24,25(29)31-17-20-10-4-1-5-11-20)26(30)32-18-21-12-6-2-7-13-21/h1-16H,17-19H2. The van der Waals surface area contributed by atoms with Gasteiger partial charge in [-0.3, -0.25) is 9.59 Å². The molecule has 0 aliphatic carbocycles. The smallest absolute Gasteiger partial charge is 0.332 e. The Bertz CT molecular complexity index is 1100. The quantitative estimate of drug-likeness (QED) is 0.311. The van der Waals surface area contributed by atoms with Crippen LogP contribution in [-0.2, 0) is 41.8 Å². The number of rotatable bonds is 7. The van der Waals surface area contributed by atoms with Crippen LogP contribution in [0.1, 0.15) is 16.7 Å². The summed E-state index contributed by atoms with van der Waals surface area (Å²) in [7, 11) is 0. The summed E-state index contributed by atoms with van der Waals surface area (Å²) >= 11 is 0. The first kappa shape index (κ1) is 22.0. The number of esters is 3. The maximum absolute atomic E-state index is 13.5. The molecule has 0 unspecified atom stereocenters. The minimum atomic E-state index is -1.95. The van der Waals surface area contributed by atoms with Crippen molar-refractivity contribution in [3.63, 3.8) is 0 Å². The Labute approximate surface area is 191 Å². The average Bonchev–Trinajstić information content (AvgIpc) is 2.87. The van der Waals surface area contributed by atoms with Crippen molar-refractivity contribution in [3.05, 3.63) is 114 Å². The maximum Gasteiger partial charge on any atom is 0.332 e. The fraction of sp³-hybridized carbons (Fsp3) is 0.148. The summed E-state index contributed by atoms with van der Waals surface area (Å²) in [4.78, 5) is 39.1. The van der Waals surface area contributed by atoms with Crippen LogP contribution in [0.15, 0.2) is 97.1 Å². The summed E-state index contributed by atoms with van der Waals surface area (Å²) in [6, 6.07) is 27.0. The van der Waals surface area contributed by atoms with Gasteiger partial charge in [-0.15, -0.1) is 0 Å². The van der Waals surface area contributed by atoms with E-state index < -0.39 is 29.9 Å². The minimum Gasteiger partial charge on any atom is -0.460 e. The summed E-state index contributed by atoms with van der Waals surface area (Å²) in [5.74, 6) is -2.32. The first-order valence-corrected chi connectivity index (χ1v) is 10.5. The fourth-order valence-electron chi connectivity index (χ4n) is 3.60. The largest absolute Gasteiger partial charge is 0.460 e. The second kappa shape index (κ2) is 9.96. The van der Waals surface area contributed by atoms with Gasteiger partial charge >= 0.3 is 17.9 Å². The highest BCUT2D eigenvalue weighted by Gasteiger charge is 2.56. The van der Waals surface area contributed by atoms with Gasteiger partial charge in [0.15, 0.2) is 0 Å². The van der Waals surface area contributed by atoms with Gasteiger partial charge in [-0.25, -0.2) is 4.79 Å². The summed E-state index contributed by atoms with van der Waals surface area (Å²) in [5, 5.41) is 0. The number of ether oxygens (including phenoxy) is 3. The molecule has 4 rings (SSSR count). The molecule has 6 heteroatoms. The van der Waals surface area contributed by atoms with Gasteiger partial charge in [0.25, 0.3) is 0 Å². The fourth-order valence-corrected chi connectivity index (χ4v) is 3.60. The zero-order chi connectivity index (χ0) is 23.1. The molecule has 0 N–H and O–H groups in total. The number of carbonyl (C=O) groups excluding carboxylic acids is 3. The van der Waals surface area contributed by atoms with E-state index in [9.17, 15) is 14.4 Å². The van der Waals surface area contributed by atoms with Crippen molar-refractivity contribution in [2.75, 3.05) is 6.61 Å². The second-order valence-corrected chi connectivity index (χ2v) is 7.56. The van der Waals surface area contributed by atoms with Crippen LogP contribution in [0.3, 0.4) is 0 Å². The van der Waals surface area contributed by atoms with Gasteiger partial charge in [-0.05, 0) is 22.3 Å². The molecule has 0 bridgehead atoms. The molecule has 6 nitrogen and oxygen atoms in total. The van der Waals surface area contributed by atoms with Crippen LogP contribution in [0.25, 0.3) is 5.57 Å². The SMILES string of the molecule is O=C1C=C(c2ccccc2)C(C(=O)OCc2ccccc2)(C(=O)OCc2ccccc2)CO1. The number of cyclic esters (lactones) is 1. The Hall–Kier alpha value is -4.19. The molecule has 0 fully saturated rings. The highest BCUT2D eigenvalue weighted by Crippen LogP contribution is 2.41. The predicted octanol–water partition coefficient (Wildman–Crippen LogP) is 4.10. The Kier molecular flexibility index (Phi) is 6.64. The summed E-state index contributed by atoms with van der Waals surface area (Å²) in [6.45, 7) is -0.583. The number of carbonyl (C=O) groups is 3. The molecule has 0 saturated carbocycles. The van der Waals surface area contributed by atoms with Crippen molar-refractivity contribution < 1.29 is 28.6 Å². The summed E-state index contributed by atoms with van der Waals surface area (Å²) in [5.41, 5.74) is 0.296. The molecule has 33 heavy (non-hydrogen) atoms. The van der Waals surface area contributed by atoms with E-state index in [1.807, 2.05) is 60.7 Å². The van der Waals surface area contributed by atoms with Crippen LogP contribution >= 0.6 is 0 Å². The molecule has 166 valence electrons. The lowest BCUT2D eigenvalue weighted by molar-refractivity contribution is -0.175.